The predicted octanol–water partition coefficient (Wildman–Crippen LogP) is 2.05. The number of amides is 1. The van der Waals surface area contributed by atoms with Gasteiger partial charge in [0.05, 0.1) is 18.6 Å². The van der Waals surface area contributed by atoms with E-state index in [1.807, 2.05) is 19.1 Å². The second-order valence-electron chi connectivity index (χ2n) is 4.75. The van der Waals surface area contributed by atoms with Gasteiger partial charge in [-0.25, -0.2) is 23.2 Å². The van der Waals surface area contributed by atoms with Gasteiger partial charge in [-0.2, -0.15) is 5.10 Å². The van der Waals surface area contributed by atoms with Crippen molar-refractivity contribution in [3.05, 3.63) is 56.9 Å². The van der Waals surface area contributed by atoms with Crippen LogP contribution in [0.1, 0.15) is 5.56 Å². The molecule has 23 heavy (non-hydrogen) atoms. The molecule has 2 aromatic rings. The van der Waals surface area contributed by atoms with Gasteiger partial charge in [-0.3, -0.25) is 0 Å². The summed E-state index contributed by atoms with van der Waals surface area (Å²) >= 11 is 3.39. The van der Waals surface area contributed by atoms with Gasteiger partial charge >= 0.3 is 11.8 Å². The third kappa shape index (κ3) is 4.07. The predicted molar refractivity (Wildman–Crippen MR) is 85.0 cm³/mol. The van der Waals surface area contributed by atoms with Crippen LogP contribution in [-0.2, 0) is 11.3 Å². The molecular formula is C14H14BrFN4O3. The van der Waals surface area contributed by atoms with Crippen molar-refractivity contribution < 1.29 is 13.9 Å². The smallest absolute Gasteiger partial charge is 0.404 e. The van der Waals surface area contributed by atoms with Crippen LogP contribution in [0.5, 0.6) is 0 Å². The number of halogens is 2. The molecule has 0 aliphatic carbocycles. The first-order valence-corrected chi connectivity index (χ1v) is 7.33. The zero-order valence-corrected chi connectivity index (χ0v) is 13.8. The number of carbonyl (C=O) groups is 1. The summed E-state index contributed by atoms with van der Waals surface area (Å²) in [6.07, 6.45) is 0.584. The molecule has 0 spiro atoms. The first kappa shape index (κ1) is 16.9. The summed E-state index contributed by atoms with van der Waals surface area (Å²) in [6, 6.07) is 5.40. The number of rotatable bonds is 5. The van der Waals surface area contributed by atoms with E-state index >= 15 is 0 Å². The molecule has 0 atom stereocenters. The zero-order valence-electron chi connectivity index (χ0n) is 12.2. The van der Waals surface area contributed by atoms with Crippen molar-refractivity contribution in [1.29, 1.82) is 0 Å². The molecule has 7 nitrogen and oxygen atoms in total. The van der Waals surface area contributed by atoms with Crippen LogP contribution in [-0.4, -0.2) is 27.0 Å². The minimum Gasteiger partial charge on any atom is -0.445 e. The third-order valence-electron chi connectivity index (χ3n) is 3.06. The summed E-state index contributed by atoms with van der Waals surface area (Å²) in [6.45, 7) is 1.40. The van der Waals surface area contributed by atoms with Crippen LogP contribution in [0.25, 0.3) is 5.69 Å². The Kier molecular flexibility index (Phi) is 5.32. The van der Waals surface area contributed by atoms with Crippen molar-refractivity contribution in [1.82, 2.24) is 14.3 Å². The van der Waals surface area contributed by atoms with Gasteiger partial charge in [0.25, 0.3) is 0 Å². The number of ether oxygens (including phenoxy) is 1. The Bertz CT molecular complexity index is 813. The van der Waals surface area contributed by atoms with Gasteiger partial charge in [0.1, 0.15) is 12.9 Å². The minimum atomic E-state index is -1.02. The van der Waals surface area contributed by atoms with E-state index in [0.29, 0.717) is 5.69 Å². The van der Waals surface area contributed by atoms with Gasteiger partial charge in [0.15, 0.2) is 0 Å². The minimum absolute atomic E-state index is 0.0585. The molecule has 0 saturated heterocycles. The Morgan fingerprint density at radius 1 is 1.52 bits per heavy atom. The van der Waals surface area contributed by atoms with E-state index in [1.54, 1.807) is 6.07 Å². The normalized spacial score (nSPS) is 11.5. The van der Waals surface area contributed by atoms with Crippen LogP contribution < -0.4 is 11.4 Å². The van der Waals surface area contributed by atoms with Crippen LogP contribution in [0.2, 0.25) is 0 Å². The summed E-state index contributed by atoms with van der Waals surface area (Å²) in [5.74, 6) is 0. The topological polar surface area (TPSA) is 92.1 Å². The monoisotopic (exact) mass is 384 g/mol. The Hall–Kier alpha value is -2.42. The summed E-state index contributed by atoms with van der Waals surface area (Å²) < 4.78 is 20.6. The molecule has 0 saturated carbocycles. The molecule has 0 radical (unpaired) electrons. The molecule has 0 bridgehead atoms. The van der Waals surface area contributed by atoms with Gasteiger partial charge in [0.2, 0.25) is 0 Å². The lowest BCUT2D eigenvalue weighted by atomic mass is 10.2. The van der Waals surface area contributed by atoms with E-state index in [9.17, 15) is 14.0 Å². The van der Waals surface area contributed by atoms with Gasteiger partial charge < -0.3 is 10.5 Å². The first-order valence-electron chi connectivity index (χ1n) is 6.53. The number of benzene rings is 1. The molecule has 0 aliphatic rings. The average Bonchev–Trinajstić information content (AvgIpc) is 2.87. The number of primary amides is 1. The molecule has 1 aromatic heterocycles. The van der Waals surface area contributed by atoms with E-state index < -0.39 is 11.8 Å². The van der Waals surface area contributed by atoms with E-state index in [4.69, 9.17) is 5.73 Å². The van der Waals surface area contributed by atoms with Crippen molar-refractivity contribution in [3.8, 4) is 5.69 Å². The van der Waals surface area contributed by atoms with E-state index in [-0.39, 0.29) is 25.1 Å². The molecule has 0 fully saturated rings. The molecule has 2 rings (SSSR count). The lowest BCUT2D eigenvalue weighted by Crippen LogP contribution is -2.26. The Balaban J connectivity index is 2.23. The molecule has 122 valence electrons. The highest BCUT2D eigenvalue weighted by atomic mass is 79.9. The van der Waals surface area contributed by atoms with Gasteiger partial charge in [-0.05, 0) is 30.7 Å². The molecule has 2 N–H and O–H groups in total. The molecule has 0 unspecified atom stereocenters. The van der Waals surface area contributed by atoms with E-state index in [2.05, 4.69) is 25.8 Å². The second kappa shape index (κ2) is 7.23. The van der Waals surface area contributed by atoms with Crippen LogP contribution in [0.4, 0.5) is 9.18 Å². The van der Waals surface area contributed by atoms with Gasteiger partial charge in [-0.1, -0.05) is 15.9 Å². The summed E-state index contributed by atoms with van der Waals surface area (Å²) in [4.78, 5) is 22.9. The Labute approximate surface area is 139 Å². The highest BCUT2D eigenvalue weighted by Crippen LogP contribution is 2.18. The number of hydrogen-bond acceptors (Lipinski definition) is 4. The second-order valence-corrected chi connectivity index (χ2v) is 5.60. The maximum Gasteiger partial charge on any atom is 0.404 e. The number of nitrogens with zero attached hydrogens (tertiary/aromatic N) is 3. The average molecular weight is 385 g/mol. The number of carbonyl (C=O) groups excluding carboxylic acids is 1. The van der Waals surface area contributed by atoms with E-state index in [1.165, 1.54) is 10.9 Å². The highest BCUT2D eigenvalue weighted by molar-refractivity contribution is 9.10. The van der Waals surface area contributed by atoms with Crippen molar-refractivity contribution in [2.45, 2.75) is 13.5 Å². The molecule has 1 aromatic carbocycles. The Morgan fingerprint density at radius 3 is 2.87 bits per heavy atom. The van der Waals surface area contributed by atoms with Crippen molar-refractivity contribution in [3.63, 3.8) is 0 Å². The summed E-state index contributed by atoms with van der Waals surface area (Å²) in [5.41, 5.74) is 6.04. The quantitative estimate of drug-likeness (QED) is 0.853. The molecule has 1 heterocycles. The highest BCUT2D eigenvalue weighted by Gasteiger charge is 2.11. The Morgan fingerprint density at radius 2 is 2.26 bits per heavy atom. The largest absolute Gasteiger partial charge is 0.445 e. The lowest BCUT2D eigenvalue weighted by molar-refractivity contribution is 0.164. The number of nitrogens with two attached hydrogens (primary N) is 1. The summed E-state index contributed by atoms with van der Waals surface area (Å²) in [5, 5.41) is 3.94. The first-order chi connectivity index (χ1) is 10.9. The number of hydrogen-bond donors (Lipinski definition) is 1. The fourth-order valence-electron chi connectivity index (χ4n) is 1.87. The third-order valence-corrected chi connectivity index (χ3v) is 3.95. The SMILES string of the molecule is Cc1cc(-n2cnn(C/C(=C\F)COC(N)=O)c2=O)ccc1Br. The van der Waals surface area contributed by atoms with Crippen LogP contribution in [0.15, 0.2) is 45.7 Å². The molecule has 1 amide bonds. The summed E-state index contributed by atoms with van der Waals surface area (Å²) in [7, 11) is 0. The fraction of sp³-hybridized carbons (Fsp3) is 0.214. The van der Waals surface area contributed by atoms with Crippen LogP contribution in [0, 0.1) is 6.92 Å². The van der Waals surface area contributed by atoms with Gasteiger partial charge in [0, 0.05) is 10.0 Å². The standard InChI is InChI=1S/C14H14BrFN4O3/c1-9-4-11(2-3-12(9)15)19-8-18-20(14(19)22)6-10(5-16)7-23-13(17)21/h2-5,8H,6-7H2,1H3,(H2,17,21)/b10-5+. The molecule has 0 aliphatic heterocycles. The van der Waals surface area contributed by atoms with Crippen molar-refractivity contribution in [2.24, 2.45) is 5.73 Å². The van der Waals surface area contributed by atoms with Crippen molar-refractivity contribution >= 4 is 22.0 Å². The van der Waals surface area contributed by atoms with Crippen LogP contribution >= 0.6 is 15.9 Å². The maximum absolute atomic E-state index is 12.8. The van der Waals surface area contributed by atoms with E-state index in [0.717, 1.165) is 14.7 Å². The molecular weight excluding hydrogens is 371 g/mol. The van der Waals surface area contributed by atoms with Crippen LogP contribution in [0.3, 0.4) is 0 Å². The lowest BCUT2D eigenvalue weighted by Gasteiger charge is -2.05. The maximum atomic E-state index is 12.8. The van der Waals surface area contributed by atoms with Crippen molar-refractivity contribution in [2.75, 3.05) is 6.61 Å². The fourth-order valence-corrected chi connectivity index (χ4v) is 2.12. The van der Waals surface area contributed by atoms with Gasteiger partial charge in [-0.15, -0.1) is 0 Å². The number of aromatic nitrogens is 3. The number of aryl methyl sites for hydroxylation is 1. The molecule has 9 heteroatoms. The zero-order chi connectivity index (χ0) is 17.0.